The molecule has 0 atom stereocenters. The molecule has 0 unspecified atom stereocenters. The molecule has 1 aromatic heterocycles. The Bertz CT molecular complexity index is 739. The maximum absolute atomic E-state index is 12.6. The molecule has 0 saturated heterocycles. The summed E-state index contributed by atoms with van der Waals surface area (Å²) >= 11 is 4.90. The minimum atomic E-state index is -0.195. The van der Waals surface area contributed by atoms with E-state index in [0.29, 0.717) is 26.4 Å². The quantitative estimate of drug-likeness (QED) is 0.844. The summed E-state index contributed by atoms with van der Waals surface area (Å²) in [4.78, 5) is 25.8. The third kappa shape index (κ3) is 2.73. The fourth-order valence-corrected chi connectivity index (χ4v) is 3.52. The maximum Gasteiger partial charge on any atom is 0.262 e. The largest absolute Gasteiger partial charge is 0.482 e. The summed E-state index contributed by atoms with van der Waals surface area (Å²) in [5.41, 5.74) is 1.12. The molecule has 0 aliphatic carbocycles. The van der Waals surface area contributed by atoms with Gasteiger partial charge in [0.2, 0.25) is 5.78 Å². The number of hydrogen-bond acceptors (Lipinski definition) is 4. The number of fused-ring (bicyclic) bond motifs is 1. The van der Waals surface area contributed by atoms with Crippen LogP contribution in [0.1, 0.15) is 27.0 Å². The van der Waals surface area contributed by atoms with E-state index in [4.69, 9.17) is 4.74 Å². The van der Waals surface area contributed by atoms with Crippen LogP contribution in [0.5, 0.6) is 5.75 Å². The van der Waals surface area contributed by atoms with Gasteiger partial charge in [-0.2, -0.15) is 0 Å². The first-order valence-corrected chi connectivity index (χ1v) is 8.09. The van der Waals surface area contributed by atoms with Crippen LogP contribution in [0.2, 0.25) is 0 Å². The molecule has 0 radical (unpaired) electrons. The number of rotatable bonds is 3. The van der Waals surface area contributed by atoms with Gasteiger partial charge in [0, 0.05) is 14.9 Å². The number of aryl methyl sites for hydroxylation is 1. The minimum Gasteiger partial charge on any atom is -0.482 e. The van der Waals surface area contributed by atoms with Crippen molar-refractivity contribution in [3.63, 3.8) is 0 Å². The third-order valence-electron chi connectivity index (χ3n) is 3.18. The Morgan fingerprint density at radius 1 is 1.43 bits per heavy atom. The smallest absolute Gasteiger partial charge is 0.262 e. The van der Waals surface area contributed by atoms with Gasteiger partial charge in [-0.15, -0.1) is 11.3 Å². The van der Waals surface area contributed by atoms with Crippen LogP contribution >= 0.6 is 27.3 Å². The molecular weight excluding hydrogens is 354 g/mol. The summed E-state index contributed by atoms with van der Waals surface area (Å²) in [7, 11) is 0. The van der Waals surface area contributed by atoms with Crippen LogP contribution in [0, 0.1) is 0 Å². The maximum atomic E-state index is 12.6. The first-order valence-electron chi connectivity index (χ1n) is 6.48. The lowest BCUT2D eigenvalue weighted by Crippen LogP contribution is -2.25. The van der Waals surface area contributed by atoms with Crippen molar-refractivity contribution < 1.29 is 14.3 Å². The molecule has 21 heavy (non-hydrogen) atoms. The van der Waals surface area contributed by atoms with Gasteiger partial charge in [-0.1, -0.05) is 6.92 Å². The van der Waals surface area contributed by atoms with Gasteiger partial charge in [0.05, 0.1) is 10.6 Å². The standard InChI is InChI=1S/C15H12BrNO3S/c1-2-8-3-4-13(21-8)15(19)9-5-12-11(6-10(9)16)17-14(18)7-20-12/h3-6H,2,7H2,1H3,(H,17,18). The number of carbonyl (C=O) groups is 2. The second kappa shape index (κ2) is 5.61. The monoisotopic (exact) mass is 365 g/mol. The van der Waals surface area contributed by atoms with Crippen molar-refractivity contribution in [3.05, 3.63) is 44.1 Å². The number of amides is 1. The molecule has 1 aromatic carbocycles. The molecule has 1 aliphatic rings. The van der Waals surface area contributed by atoms with E-state index in [1.165, 1.54) is 16.2 Å². The number of carbonyl (C=O) groups excluding carboxylic acids is 2. The highest BCUT2D eigenvalue weighted by Gasteiger charge is 2.22. The van der Waals surface area contributed by atoms with Crippen molar-refractivity contribution in [2.45, 2.75) is 13.3 Å². The Morgan fingerprint density at radius 2 is 2.24 bits per heavy atom. The van der Waals surface area contributed by atoms with E-state index < -0.39 is 0 Å². The van der Waals surface area contributed by atoms with Crippen molar-refractivity contribution >= 4 is 44.6 Å². The molecule has 3 rings (SSSR count). The lowest BCUT2D eigenvalue weighted by molar-refractivity contribution is -0.118. The molecule has 108 valence electrons. The van der Waals surface area contributed by atoms with Crippen molar-refractivity contribution in [1.29, 1.82) is 0 Å². The highest BCUT2D eigenvalue weighted by molar-refractivity contribution is 9.10. The molecule has 1 N–H and O–H groups in total. The van der Waals surface area contributed by atoms with Crippen molar-refractivity contribution in [3.8, 4) is 5.75 Å². The normalized spacial score (nSPS) is 13.3. The molecule has 0 spiro atoms. The van der Waals surface area contributed by atoms with Crippen molar-refractivity contribution in [2.75, 3.05) is 11.9 Å². The molecule has 6 heteroatoms. The van der Waals surface area contributed by atoms with Gasteiger partial charge in [0.1, 0.15) is 5.75 Å². The molecule has 1 aliphatic heterocycles. The number of halogens is 1. The summed E-state index contributed by atoms with van der Waals surface area (Å²) in [5.74, 6) is 0.280. The van der Waals surface area contributed by atoms with Crippen LogP contribution in [0.3, 0.4) is 0 Å². The number of ether oxygens (including phenoxy) is 1. The van der Waals surface area contributed by atoms with E-state index in [1.807, 2.05) is 12.1 Å². The highest BCUT2D eigenvalue weighted by Crippen LogP contribution is 2.35. The van der Waals surface area contributed by atoms with E-state index in [9.17, 15) is 9.59 Å². The van der Waals surface area contributed by atoms with E-state index in [2.05, 4.69) is 28.2 Å². The number of benzene rings is 1. The first kappa shape index (κ1) is 14.3. The van der Waals surface area contributed by atoms with Crippen molar-refractivity contribution in [2.24, 2.45) is 0 Å². The first-order chi connectivity index (χ1) is 10.1. The second-order valence-electron chi connectivity index (χ2n) is 4.61. The molecule has 4 nitrogen and oxygen atoms in total. The van der Waals surface area contributed by atoms with Crippen LogP contribution in [-0.2, 0) is 11.2 Å². The Hall–Kier alpha value is -1.66. The molecular formula is C15H12BrNO3S. The zero-order valence-electron chi connectivity index (χ0n) is 11.2. The number of anilines is 1. The zero-order chi connectivity index (χ0) is 15.0. The van der Waals surface area contributed by atoms with E-state index in [0.717, 1.165) is 6.42 Å². The van der Waals surface area contributed by atoms with Crippen LogP contribution in [0.15, 0.2) is 28.7 Å². The number of thiophene rings is 1. The lowest BCUT2D eigenvalue weighted by atomic mass is 10.1. The molecule has 2 heterocycles. The van der Waals surface area contributed by atoms with Gasteiger partial charge in [-0.05, 0) is 46.6 Å². The topological polar surface area (TPSA) is 55.4 Å². The van der Waals surface area contributed by atoms with Crippen LogP contribution in [-0.4, -0.2) is 18.3 Å². The van der Waals surface area contributed by atoms with Crippen LogP contribution < -0.4 is 10.1 Å². The number of nitrogens with one attached hydrogen (secondary N) is 1. The summed E-state index contributed by atoms with van der Waals surface area (Å²) in [6.07, 6.45) is 0.915. The summed E-state index contributed by atoms with van der Waals surface area (Å²) in [6.45, 7) is 2.03. The average Bonchev–Trinajstić information content (AvgIpc) is 2.94. The summed E-state index contributed by atoms with van der Waals surface area (Å²) in [5, 5.41) is 2.72. The van der Waals surface area contributed by atoms with Crippen molar-refractivity contribution in [1.82, 2.24) is 0 Å². The molecule has 2 aromatic rings. The average molecular weight is 366 g/mol. The van der Waals surface area contributed by atoms with E-state index in [1.54, 1.807) is 12.1 Å². The SMILES string of the molecule is CCc1ccc(C(=O)c2cc3c(cc2Br)NC(=O)CO3)s1. The fraction of sp³-hybridized carbons (Fsp3) is 0.200. The Labute approximate surface area is 134 Å². The number of hydrogen-bond donors (Lipinski definition) is 1. The predicted octanol–water partition coefficient (Wildman–Crippen LogP) is 3.63. The molecule has 1 amide bonds. The molecule has 0 saturated carbocycles. The number of ketones is 1. The van der Waals surface area contributed by atoms with E-state index in [-0.39, 0.29) is 18.3 Å². The van der Waals surface area contributed by atoms with E-state index >= 15 is 0 Å². The van der Waals surface area contributed by atoms with Gasteiger partial charge in [0.15, 0.2) is 6.61 Å². The Balaban J connectivity index is 1.98. The van der Waals surface area contributed by atoms with Crippen LogP contribution in [0.4, 0.5) is 5.69 Å². The minimum absolute atomic E-state index is 0.0265. The van der Waals surface area contributed by atoms with Crippen LogP contribution in [0.25, 0.3) is 0 Å². The molecule has 0 fully saturated rings. The van der Waals surface area contributed by atoms with Gasteiger partial charge in [-0.25, -0.2) is 0 Å². The van der Waals surface area contributed by atoms with Gasteiger partial charge >= 0.3 is 0 Å². The Morgan fingerprint density at radius 3 is 2.95 bits per heavy atom. The summed E-state index contributed by atoms with van der Waals surface area (Å²) < 4.78 is 6.00. The Kier molecular flexibility index (Phi) is 3.82. The lowest BCUT2D eigenvalue weighted by Gasteiger charge is -2.19. The van der Waals surface area contributed by atoms with Gasteiger partial charge in [0.25, 0.3) is 5.91 Å². The predicted molar refractivity (Wildman–Crippen MR) is 85.4 cm³/mol. The fourth-order valence-electron chi connectivity index (χ4n) is 2.10. The summed E-state index contributed by atoms with van der Waals surface area (Å²) in [6, 6.07) is 7.20. The third-order valence-corrected chi connectivity index (χ3v) is 5.07. The second-order valence-corrected chi connectivity index (χ2v) is 6.64. The highest BCUT2D eigenvalue weighted by atomic mass is 79.9. The molecule has 0 bridgehead atoms. The zero-order valence-corrected chi connectivity index (χ0v) is 13.6. The van der Waals surface area contributed by atoms with Gasteiger partial charge < -0.3 is 10.1 Å². The van der Waals surface area contributed by atoms with Gasteiger partial charge in [-0.3, -0.25) is 9.59 Å².